The standard InChI is InChI=1S/C26H38O10S2/c1-9-33-21(27)19(22(28)34-10-2)25(5,6)37(31)17-14-13-15-18(16-17)38(32)26(7,8)20(23(29)35-11-3)24(30)36-12-4/h13-16,19-20H,9-12H2,1-8H3. The highest BCUT2D eigenvalue weighted by Crippen LogP contribution is 2.35. The lowest BCUT2D eigenvalue weighted by Gasteiger charge is -2.31. The Morgan fingerprint density at radius 2 is 0.895 bits per heavy atom. The van der Waals surface area contributed by atoms with E-state index in [0.29, 0.717) is 0 Å². The third-order valence-electron chi connectivity index (χ3n) is 5.67. The van der Waals surface area contributed by atoms with Crippen molar-refractivity contribution in [2.24, 2.45) is 11.8 Å². The number of benzene rings is 1. The van der Waals surface area contributed by atoms with Crippen molar-refractivity contribution in [2.75, 3.05) is 26.4 Å². The lowest BCUT2D eigenvalue weighted by atomic mass is 9.95. The van der Waals surface area contributed by atoms with Crippen LogP contribution in [0.15, 0.2) is 34.1 Å². The molecule has 2 unspecified atom stereocenters. The molecule has 12 heteroatoms. The molecule has 0 heterocycles. The quantitative estimate of drug-likeness (QED) is 0.185. The molecule has 2 atom stereocenters. The fourth-order valence-corrected chi connectivity index (χ4v) is 6.73. The van der Waals surface area contributed by atoms with E-state index >= 15 is 0 Å². The number of ether oxygens (including phenoxy) is 4. The summed E-state index contributed by atoms with van der Waals surface area (Å²) in [6.45, 7) is 12.3. The van der Waals surface area contributed by atoms with Crippen molar-refractivity contribution in [1.29, 1.82) is 0 Å². The van der Waals surface area contributed by atoms with Gasteiger partial charge in [-0.25, -0.2) is 0 Å². The van der Waals surface area contributed by atoms with Crippen molar-refractivity contribution in [2.45, 2.75) is 74.7 Å². The minimum atomic E-state index is -1.98. The number of carbonyl (C=O) groups excluding carboxylic acids is 4. The fourth-order valence-electron chi connectivity index (χ4n) is 3.76. The van der Waals surface area contributed by atoms with E-state index in [4.69, 9.17) is 18.9 Å². The Hall–Kier alpha value is -2.60. The van der Waals surface area contributed by atoms with Crippen LogP contribution >= 0.6 is 0 Å². The van der Waals surface area contributed by atoms with Crippen LogP contribution in [0.3, 0.4) is 0 Å². The smallest absolute Gasteiger partial charge is 0.321 e. The molecule has 1 aromatic rings. The maximum Gasteiger partial charge on any atom is 0.321 e. The van der Waals surface area contributed by atoms with Gasteiger partial charge in [-0.05, 0) is 73.6 Å². The van der Waals surface area contributed by atoms with Gasteiger partial charge in [0.05, 0.1) is 57.5 Å². The molecule has 0 aliphatic carbocycles. The summed E-state index contributed by atoms with van der Waals surface area (Å²) in [5.41, 5.74) is 0. The van der Waals surface area contributed by atoms with Gasteiger partial charge in [0.25, 0.3) is 0 Å². The summed E-state index contributed by atoms with van der Waals surface area (Å²) < 4.78 is 44.7. The Kier molecular flexibility index (Phi) is 12.8. The van der Waals surface area contributed by atoms with E-state index in [2.05, 4.69) is 0 Å². The van der Waals surface area contributed by atoms with Crippen LogP contribution in [0.1, 0.15) is 55.4 Å². The number of hydrogen-bond donors (Lipinski definition) is 0. The van der Waals surface area contributed by atoms with Gasteiger partial charge in [0.1, 0.15) is 0 Å². The van der Waals surface area contributed by atoms with E-state index in [9.17, 15) is 27.6 Å². The van der Waals surface area contributed by atoms with E-state index in [1.165, 1.54) is 52.0 Å². The van der Waals surface area contributed by atoms with Crippen molar-refractivity contribution in [1.82, 2.24) is 0 Å². The summed E-state index contributed by atoms with van der Waals surface area (Å²) in [5, 5.41) is 0. The fraction of sp³-hybridized carbons (Fsp3) is 0.615. The first-order chi connectivity index (χ1) is 17.7. The highest BCUT2D eigenvalue weighted by molar-refractivity contribution is 7.87. The molecule has 0 spiro atoms. The molecule has 0 aromatic heterocycles. The molecule has 38 heavy (non-hydrogen) atoms. The summed E-state index contributed by atoms with van der Waals surface area (Å²) in [6.07, 6.45) is 0. The van der Waals surface area contributed by atoms with Gasteiger partial charge < -0.3 is 18.9 Å². The predicted molar refractivity (Wildman–Crippen MR) is 141 cm³/mol. The second-order valence-electron chi connectivity index (χ2n) is 9.09. The van der Waals surface area contributed by atoms with E-state index in [1.54, 1.807) is 27.7 Å². The average Bonchev–Trinajstić information content (AvgIpc) is 2.83. The Morgan fingerprint density at radius 3 is 1.13 bits per heavy atom. The maximum atomic E-state index is 13.7. The van der Waals surface area contributed by atoms with Gasteiger partial charge >= 0.3 is 23.9 Å². The van der Waals surface area contributed by atoms with E-state index < -0.39 is 66.8 Å². The number of esters is 4. The zero-order chi connectivity index (χ0) is 29.3. The van der Waals surface area contributed by atoms with Crippen molar-refractivity contribution in [3.05, 3.63) is 24.3 Å². The van der Waals surface area contributed by atoms with Crippen molar-refractivity contribution in [3.63, 3.8) is 0 Å². The SMILES string of the molecule is CCOC(=O)C(C(=O)OCC)C(C)(C)S(=O)c1cccc(S(=O)C(C)(C)C(C(=O)OCC)C(=O)OCC)c1. The van der Waals surface area contributed by atoms with E-state index in [0.717, 1.165) is 0 Å². The van der Waals surface area contributed by atoms with E-state index in [1.807, 2.05) is 0 Å². The van der Waals surface area contributed by atoms with Crippen LogP contribution in [-0.4, -0.2) is 68.2 Å². The number of hydrogen-bond acceptors (Lipinski definition) is 10. The molecular weight excluding hydrogens is 536 g/mol. The molecule has 214 valence electrons. The molecular formula is C26H38O10S2. The summed E-state index contributed by atoms with van der Waals surface area (Å²) in [7, 11) is -3.96. The molecule has 0 fully saturated rings. The minimum Gasteiger partial charge on any atom is -0.465 e. The van der Waals surface area contributed by atoms with Gasteiger partial charge in [-0.2, -0.15) is 0 Å². The van der Waals surface area contributed by atoms with Gasteiger partial charge in [0, 0.05) is 9.79 Å². The second-order valence-corrected chi connectivity index (χ2v) is 13.2. The normalized spacial score (nSPS) is 13.5. The van der Waals surface area contributed by atoms with Gasteiger partial charge in [-0.15, -0.1) is 0 Å². The van der Waals surface area contributed by atoms with Crippen molar-refractivity contribution >= 4 is 45.5 Å². The molecule has 1 aromatic carbocycles. The molecule has 0 radical (unpaired) electrons. The van der Waals surface area contributed by atoms with Gasteiger partial charge in [0.15, 0.2) is 11.8 Å². The van der Waals surface area contributed by atoms with Gasteiger partial charge in [0.2, 0.25) is 0 Å². The van der Waals surface area contributed by atoms with Crippen LogP contribution < -0.4 is 0 Å². The second kappa shape index (κ2) is 14.5. The Balaban J connectivity index is 3.50. The monoisotopic (exact) mass is 574 g/mol. The lowest BCUT2D eigenvalue weighted by Crippen LogP contribution is -2.47. The zero-order valence-electron chi connectivity index (χ0n) is 23.2. The molecule has 0 bridgehead atoms. The first-order valence-electron chi connectivity index (χ1n) is 12.3. The van der Waals surface area contributed by atoms with Crippen molar-refractivity contribution < 1.29 is 46.5 Å². The zero-order valence-corrected chi connectivity index (χ0v) is 24.8. The highest BCUT2D eigenvalue weighted by atomic mass is 32.2. The van der Waals surface area contributed by atoms with Crippen molar-refractivity contribution in [3.8, 4) is 0 Å². The van der Waals surface area contributed by atoms with E-state index in [-0.39, 0.29) is 36.2 Å². The topological polar surface area (TPSA) is 139 Å². The van der Waals surface area contributed by atoms with Crippen LogP contribution in [0, 0.1) is 11.8 Å². The molecule has 0 aliphatic heterocycles. The summed E-state index contributed by atoms with van der Waals surface area (Å²) >= 11 is 0. The largest absolute Gasteiger partial charge is 0.465 e. The molecule has 0 amide bonds. The maximum absolute atomic E-state index is 13.7. The summed E-state index contributed by atoms with van der Waals surface area (Å²) in [5.74, 6) is -6.42. The predicted octanol–water partition coefficient (Wildman–Crippen LogP) is 2.94. The number of carbonyl (C=O) groups is 4. The lowest BCUT2D eigenvalue weighted by molar-refractivity contribution is -0.164. The summed E-state index contributed by atoms with van der Waals surface area (Å²) in [4.78, 5) is 51.0. The van der Waals surface area contributed by atoms with Crippen LogP contribution in [0.25, 0.3) is 0 Å². The Labute approximate surface area is 229 Å². The van der Waals surface area contributed by atoms with Gasteiger partial charge in [-0.1, -0.05) is 6.07 Å². The summed E-state index contributed by atoms with van der Waals surface area (Å²) in [6, 6.07) is 5.93. The Bertz CT molecular complexity index is 949. The molecule has 1 rings (SSSR count). The van der Waals surface area contributed by atoms with Crippen LogP contribution in [0.2, 0.25) is 0 Å². The third-order valence-corrected chi connectivity index (χ3v) is 9.42. The van der Waals surface area contributed by atoms with Crippen LogP contribution in [-0.2, 0) is 59.7 Å². The first-order valence-corrected chi connectivity index (χ1v) is 14.6. The molecule has 0 aliphatic rings. The molecule has 0 saturated heterocycles. The van der Waals surface area contributed by atoms with Gasteiger partial charge in [-0.3, -0.25) is 27.6 Å². The average molecular weight is 575 g/mol. The highest BCUT2D eigenvalue weighted by Gasteiger charge is 2.49. The van der Waals surface area contributed by atoms with Crippen LogP contribution in [0.4, 0.5) is 0 Å². The molecule has 0 saturated carbocycles. The minimum absolute atomic E-state index is 0.0170. The first kappa shape index (κ1) is 33.4. The Morgan fingerprint density at radius 1 is 0.632 bits per heavy atom. The molecule has 10 nitrogen and oxygen atoms in total. The molecule has 0 N–H and O–H groups in total. The van der Waals surface area contributed by atoms with Crippen LogP contribution in [0.5, 0.6) is 0 Å². The third kappa shape index (κ3) is 7.72. The number of rotatable bonds is 14.